The van der Waals surface area contributed by atoms with Crippen molar-refractivity contribution in [1.29, 1.82) is 0 Å². The molecule has 0 radical (unpaired) electrons. The summed E-state index contributed by atoms with van der Waals surface area (Å²) in [4.78, 5) is 0. The van der Waals surface area contributed by atoms with Crippen molar-refractivity contribution in [2.75, 3.05) is 6.16 Å². The Bertz CT molecular complexity index is 261. The van der Waals surface area contributed by atoms with E-state index in [-0.39, 0.29) is 28.3 Å². The molecule has 0 aliphatic carbocycles. The quantitative estimate of drug-likeness (QED) is 0.372. The number of hydrogen-bond acceptors (Lipinski definition) is 0. The first-order chi connectivity index (χ1) is 7.34. The van der Waals surface area contributed by atoms with E-state index < -0.39 is 0 Å². The molecule has 1 fully saturated rings. The number of rotatable bonds is 0. The molecule has 1 heterocycles. The molecule has 0 bridgehead atoms. The van der Waals surface area contributed by atoms with Crippen LogP contribution in [0.4, 0.5) is 0 Å². The van der Waals surface area contributed by atoms with Crippen LogP contribution in [0.2, 0.25) is 0 Å². The summed E-state index contributed by atoms with van der Waals surface area (Å²) in [5, 5.41) is 1.03. The zero-order chi connectivity index (χ0) is 13.7. The molecule has 1 aliphatic heterocycles. The maximum absolute atomic E-state index is 2.48. The van der Waals surface area contributed by atoms with Gasteiger partial charge in [-0.05, 0) is 35.0 Å². The smallest absolute Gasteiger partial charge is 0.000728 e. The molecule has 18 heavy (non-hydrogen) atoms. The first kappa shape index (κ1) is 19.1. The minimum Gasteiger partial charge on any atom is -0.0937 e. The van der Waals surface area contributed by atoms with Crippen LogP contribution in [-0.2, 0) is 20.4 Å². The first-order valence-electron chi connectivity index (χ1n) is 7.12. The third-order valence-electron chi connectivity index (χ3n) is 4.67. The molecule has 1 aliphatic rings. The van der Waals surface area contributed by atoms with E-state index in [1.807, 2.05) is 0 Å². The molecular formula is C16H33PPd. The summed E-state index contributed by atoms with van der Waals surface area (Å²) in [5.41, 5.74) is 0.835. The van der Waals surface area contributed by atoms with Crippen LogP contribution in [0.5, 0.6) is 0 Å². The van der Waals surface area contributed by atoms with E-state index in [0.29, 0.717) is 21.1 Å². The van der Waals surface area contributed by atoms with Crippen LogP contribution in [-0.4, -0.2) is 16.5 Å². The van der Waals surface area contributed by atoms with Crippen LogP contribution in [0.1, 0.15) is 75.2 Å². The van der Waals surface area contributed by atoms with Gasteiger partial charge in [-0.25, -0.2) is 0 Å². The van der Waals surface area contributed by atoms with Crippen LogP contribution in [0.3, 0.4) is 0 Å². The van der Waals surface area contributed by atoms with E-state index in [4.69, 9.17) is 0 Å². The van der Waals surface area contributed by atoms with Gasteiger partial charge in [0.2, 0.25) is 0 Å². The summed E-state index contributed by atoms with van der Waals surface area (Å²) >= 11 is 0. The Kier molecular flexibility index (Phi) is 5.80. The van der Waals surface area contributed by atoms with Crippen LogP contribution < -0.4 is 0 Å². The molecule has 1 saturated heterocycles. The Morgan fingerprint density at radius 1 is 0.778 bits per heavy atom. The fourth-order valence-electron chi connectivity index (χ4n) is 4.41. The largest absolute Gasteiger partial charge is 0.0937 e. The second kappa shape index (κ2) is 5.47. The Hall–Kier alpha value is 1.09. The summed E-state index contributed by atoms with van der Waals surface area (Å²) in [5.74, 6) is 0. The zero-order valence-electron chi connectivity index (χ0n) is 13.9. The van der Waals surface area contributed by atoms with Crippen molar-refractivity contribution >= 4 is 7.92 Å². The van der Waals surface area contributed by atoms with Crippen LogP contribution in [0.25, 0.3) is 0 Å². The van der Waals surface area contributed by atoms with Gasteiger partial charge < -0.3 is 0 Å². The Morgan fingerprint density at radius 3 is 1.39 bits per heavy atom. The van der Waals surface area contributed by atoms with Gasteiger partial charge in [0, 0.05) is 25.6 Å². The van der Waals surface area contributed by atoms with Crippen molar-refractivity contribution < 1.29 is 20.4 Å². The molecule has 1 unspecified atom stereocenters. The standard InChI is InChI=1S/C16H33P.Pd/c1-13(2,3)16(14(4,5)6)11-10-12-17(16)15(7,8)9;/h10-12H2,1-9H3;. The molecular weight excluding hydrogens is 330 g/mol. The summed E-state index contributed by atoms with van der Waals surface area (Å²) < 4.78 is 0. The topological polar surface area (TPSA) is 0 Å². The van der Waals surface area contributed by atoms with Gasteiger partial charge in [-0.3, -0.25) is 0 Å². The van der Waals surface area contributed by atoms with Crippen molar-refractivity contribution in [1.82, 2.24) is 0 Å². The van der Waals surface area contributed by atoms with Crippen LogP contribution in [0, 0.1) is 10.8 Å². The fourth-order valence-corrected chi connectivity index (χ4v) is 9.13. The van der Waals surface area contributed by atoms with Crippen LogP contribution in [0.15, 0.2) is 0 Å². The molecule has 1 rings (SSSR count). The molecule has 0 N–H and O–H groups in total. The Balaban J connectivity index is 0.00000289. The third kappa shape index (κ3) is 3.05. The van der Waals surface area contributed by atoms with E-state index in [1.54, 1.807) is 0 Å². The average Bonchev–Trinajstić information content (AvgIpc) is 2.42. The van der Waals surface area contributed by atoms with Crippen molar-refractivity contribution in [3.63, 3.8) is 0 Å². The normalized spacial score (nSPS) is 24.8. The van der Waals surface area contributed by atoms with Gasteiger partial charge in [0.05, 0.1) is 0 Å². The predicted octanol–water partition coefficient (Wildman–Crippen LogP) is 5.89. The summed E-state index contributed by atoms with van der Waals surface area (Å²) in [6.07, 6.45) is 4.36. The summed E-state index contributed by atoms with van der Waals surface area (Å²) in [6.45, 7) is 22.3. The molecule has 0 amide bonds. The average molecular weight is 363 g/mol. The minimum atomic E-state index is 0. The molecule has 0 aromatic carbocycles. The summed E-state index contributed by atoms with van der Waals surface area (Å²) in [6, 6.07) is 0. The Labute approximate surface area is 130 Å². The van der Waals surface area contributed by atoms with E-state index in [9.17, 15) is 0 Å². The van der Waals surface area contributed by atoms with Crippen molar-refractivity contribution in [3.8, 4) is 0 Å². The predicted molar refractivity (Wildman–Crippen MR) is 82.4 cm³/mol. The van der Waals surface area contributed by atoms with Gasteiger partial charge in [0.1, 0.15) is 0 Å². The third-order valence-corrected chi connectivity index (χ3v) is 9.54. The molecule has 0 spiro atoms. The van der Waals surface area contributed by atoms with Gasteiger partial charge >= 0.3 is 0 Å². The maximum atomic E-state index is 2.48. The van der Waals surface area contributed by atoms with Gasteiger partial charge in [-0.1, -0.05) is 70.2 Å². The zero-order valence-corrected chi connectivity index (χ0v) is 16.3. The molecule has 0 aromatic heterocycles. The van der Waals surface area contributed by atoms with E-state index >= 15 is 0 Å². The van der Waals surface area contributed by atoms with Crippen LogP contribution >= 0.6 is 7.92 Å². The van der Waals surface area contributed by atoms with E-state index in [1.165, 1.54) is 19.0 Å². The Morgan fingerprint density at radius 2 is 1.17 bits per heavy atom. The summed E-state index contributed by atoms with van der Waals surface area (Å²) in [7, 11) is 0.0900. The molecule has 2 heteroatoms. The second-order valence-corrected chi connectivity index (χ2v) is 12.2. The van der Waals surface area contributed by atoms with E-state index in [2.05, 4.69) is 62.3 Å². The van der Waals surface area contributed by atoms with Crippen molar-refractivity contribution in [2.24, 2.45) is 10.8 Å². The van der Waals surface area contributed by atoms with E-state index in [0.717, 1.165) is 0 Å². The first-order valence-corrected chi connectivity index (χ1v) is 8.64. The molecule has 0 saturated carbocycles. The van der Waals surface area contributed by atoms with Gasteiger partial charge in [-0.2, -0.15) is 0 Å². The molecule has 0 nitrogen and oxygen atoms in total. The van der Waals surface area contributed by atoms with Gasteiger partial charge in [-0.15, -0.1) is 0 Å². The number of hydrogen-bond donors (Lipinski definition) is 0. The monoisotopic (exact) mass is 362 g/mol. The molecule has 0 aromatic rings. The van der Waals surface area contributed by atoms with Gasteiger partial charge in [0.15, 0.2) is 0 Å². The van der Waals surface area contributed by atoms with Gasteiger partial charge in [0.25, 0.3) is 0 Å². The maximum Gasteiger partial charge on any atom is 0.000728 e. The second-order valence-electron chi connectivity index (χ2n) is 8.79. The van der Waals surface area contributed by atoms with Crippen molar-refractivity contribution in [3.05, 3.63) is 0 Å². The molecule has 1 atom stereocenters. The van der Waals surface area contributed by atoms with Crippen molar-refractivity contribution in [2.45, 2.75) is 85.5 Å². The minimum absolute atomic E-state index is 0. The fraction of sp³-hybridized carbons (Fsp3) is 1.00. The molecule has 112 valence electrons. The SMILES string of the molecule is CC(C)(C)P1CCCC1(C(C)(C)C)C(C)(C)C.[Pd].